The standard InChI is InChI=1S/C12H19N3O3/c13-6-7-15-11(16)10(18-12(14)17)8-9-4-2-1-3-5-9/h9-10H,1-5,7-8H2,(H2,14,17)(H,15,16)/t10-/m0/s1. The minimum atomic E-state index is -0.956. The van der Waals surface area contributed by atoms with Crippen molar-refractivity contribution in [2.75, 3.05) is 6.54 Å². The lowest BCUT2D eigenvalue weighted by atomic mass is 9.85. The van der Waals surface area contributed by atoms with E-state index in [1.54, 1.807) is 6.07 Å². The number of carbonyl (C=O) groups is 2. The second-order valence-corrected chi connectivity index (χ2v) is 4.54. The van der Waals surface area contributed by atoms with Gasteiger partial charge in [-0.1, -0.05) is 32.1 Å². The summed E-state index contributed by atoms with van der Waals surface area (Å²) in [5.41, 5.74) is 4.96. The molecule has 0 saturated heterocycles. The van der Waals surface area contributed by atoms with E-state index in [0.717, 1.165) is 25.7 Å². The van der Waals surface area contributed by atoms with Crippen LogP contribution in [0.2, 0.25) is 0 Å². The van der Waals surface area contributed by atoms with Crippen molar-refractivity contribution in [3.63, 3.8) is 0 Å². The predicted molar refractivity (Wildman–Crippen MR) is 64.3 cm³/mol. The number of nitrogens with one attached hydrogen (secondary N) is 1. The van der Waals surface area contributed by atoms with Crippen molar-refractivity contribution in [2.45, 2.75) is 44.6 Å². The lowest BCUT2D eigenvalue weighted by Crippen LogP contribution is -2.40. The number of nitriles is 1. The van der Waals surface area contributed by atoms with Crippen molar-refractivity contribution in [3.8, 4) is 6.07 Å². The Hall–Kier alpha value is -1.77. The van der Waals surface area contributed by atoms with Gasteiger partial charge in [0.15, 0.2) is 6.10 Å². The number of ether oxygens (including phenoxy) is 1. The Morgan fingerprint density at radius 2 is 2.06 bits per heavy atom. The zero-order valence-corrected chi connectivity index (χ0v) is 10.4. The lowest BCUT2D eigenvalue weighted by Gasteiger charge is -2.25. The fourth-order valence-corrected chi connectivity index (χ4v) is 2.31. The maximum atomic E-state index is 11.7. The number of rotatable bonds is 5. The maximum absolute atomic E-state index is 11.7. The fraction of sp³-hybridized carbons (Fsp3) is 0.750. The van der Waals surface area contributed by atoms with Crippen LogP contribution in [0.5, 0.6) is 0 Å². The first-order valence-corrected chi connectivity index (χ1v) is 6.24. The zero-order valence-electron chi connectivity index (χ0n) is 10.4. The average Bonchev–Trinajstić information content (AvgIpc) is 2.36. The van der Waals surface area contributed by atoms with E-state index in [2.05, 4.69) is 5.32 Å². The van der Waals surface area contributed by atoms with Crippen LogP contribution < -0.4 is 11.1 Å². The maximum Gasteiger partial charge on any atom is 0.405 e. The van der Waals surface area contributed by atoms with Crippen molar-refractivity contribution in [1.29, 1.82) is 5.26 Å². The quantitative estimate of drug-likeness (QED) is 0.714. The highest BCUT2D eigenvalue weighted by molar-refractivity contribution is 5.83. The Kier molecular flexibility index (Phi) is 5.98. The molecule has 1 fully saturated rings. The molecule has 1 rings (SSSR count). The molecule has 0 aromatic heterocycles. The molecule has 0 bridgehead atoms. The zero-order chi connectivity index (χ0) is 13.4. The Morgan fingerprint density at radius 3 is 2.61 bits per heavy atom. The molecule has 0 aliphatic heterocycles. The summed E-state index contributed by atoms with van der Waals surface area (Å²) in [5, 5.41) is 10.8. The van der Waals surface area contributed by atoms with Crippen LogP contribution in [0.4, 0.5) is 4.79 Å². The summed E-state index contributed by atoms with van der Waals surface area (Å²) in [7, 11) is 0. The van der Waals surface area contributed by atoms with Crippen LogP contribution in [-0.2, 0) is 9.53 Å². The van der Waals surface area contributed by atoms with Gasteiger partial charge in [0, 0.05) is 0 Å². The molecule has 100 valence electrons. The minimum Gasteiger partial charge on any atom is -0.436 e. The number of hydrogen-bond acceptors (Lipinski definition) is 4. The first-order valence-electron chi connectivity index (χ1n) is 6.24. The Balaban J connectivity index is 2.50. The number of primary amides is 1. The molecule has 0 unspecified atom stereocenters. The van der Waals surface area contributed by atoms with E-state index in [9.17, 15) is 9.59 Å². The smallest absolute Gasteiger partial charge is 0.405 e. The third kappa shape index (κ3) is 5.04. The normalized spacial score (nSPS) is 17.5. The van der Waals surface area contributed by atoms with Gasteiger partial charge in [0.1, 0.15) is 6.54 Å². The molecule has 0 aromatic carbocycles. The molecule has 6 heteroatoms. The summed E-state index contributed by atoms with van der Waals surface area (Å²) in [5.74, 6) is -0.0585. The Bertz CT molecular complexity index is 332. The molecule has 1 aliphatic carbocycles. The van der Waals surface area contributed by atoms with E-state index in [4.69, 9.17) is 15.7 Å². The second-order valence-electron chi connectivity index (χ2n) is 4.54. The van der Waals surface area contributed by atoms with Crippen LogP contribution in [-0.4, -0.2) is 24.6 Å². The van der Waals surface area contributed by atoms with E-state index in [1.165, 1.54) is 6.42 Å². The molecule has 1 saturated carbocycles. The van der Waals surface area contributed by atoms with Crippen molar-refractivity contribution < 1.29 is 14.3 Å². The third-order valence-corrected chi connectivity index (χ3v) is 3.16. The van der Waals surface area contributed by atoms with Gasteiger partial charge in [-0.15, -0.1) is 0 Å². The Labute approximate surface area is 106 Å². The highest BCUT2D eigenvalue weighted by Crippen LogP contribution is 2.28. The molecule has 0 radical (unpaired) electrons. The second kappa shape index (κ2) is 7.54. The highest BCUT2D eigenvalue weighted by atomic mass is 16.6. The van der Waals surface area contributed by atoms with Crippen LogP contribution in [0.1, 0.15) is 38.5 Å². The van der Waals surface area contributed by atoms with Gasteiger partial charge >= 0.3 is 6.09 Å². The molecule has 1 aliphatic rings. The van der Waals surface area contributed by atoms with E-state index >= 15 is 0 Å². The molecule has 0 heterocycles. The van der Waals surface area contributed by atoms with Gasteiger partial charge in [-0.3, -0.25) is 4.79 Å². The molecule has 0 spiro atoms. The molecule has 6 nitrogen and oxygen atoms in total. The molecule has 1 atom stereocenters. The number of amides is 2. The number of hydrogen-bond donors (Lipinski definition) is 2. The number of carbonyl (C=O) groups excluding carboxylic acids is 2. The molecular weight excluding hydrogens is 234 g/mol. The van der Waals surface area contributed by atoms with Crippen molar-refractivity contribution in [3.05, 3.63) is 0 Å². The van der Waals surface area contributed by atoms with Crippen LogP contribution in [0.3, 0.4) is 0 Å². The van der Waals surface area contributed by atoms with E-state index in [-0.39, 0.29) is 6.54 Å². The van der Waals surface area contributed by atoms with Gasteiger partial charge in [-0.05, 0) is 12.3 Å². The third-order valence-electron chi connectivity index (χ3n) is 3.16. The van der Waals surface area contributed by atoms with Crippen LogP contribution >= 0.6 is 0 Å². The molecule has 0 aromatic rings. The van der Waals surface area contributed by atoms with Gasteiger partial charge < -0.3 is 15.8 Å². The van der Waals surface area contributed by atoms with Gasteiger partial charge in [-0.2, -0.15) is 5.26 Å². The van der Waals surface area contributed by atoms with Gasteiger partial charge in [0.25, 0.3) is 5.91 Å². The van der Waals surface area contributed by atoms with E-state index in [0.29, 0.717) is 12.3 Å². The lowest BCUT2D eigenvalue weighted by molar-refractivity contribution is -0.130. The number of nitrogens with zero attached hydrogens (tertiary/aromatic N) is 1. The van der Waals surface area contributed by atoms with E-state index in [1.807, 2.05) is 0 Å². The van der Waals surface area contributed by atoms with Crippen LogP contribution in [0.15, 0.2) is 0 Å². The average molecular weight is 253 g/mol. The van der Waals surface area contributed by atoms with Crippen molar-refractivity contribution in [1.82, 2.24) is 5.32 Å². The molecule has 18 heavy (non-hydrogen) atoms. The van der Waals surface area contributed by atoms with E-state index < -0.39 is 18.1 Å². The highest BCUT2D eigenvalue weighted by Gasteiger charge is 2.26. The minimum absolute atomic E-state index is 0.0951. The monoisotopic (exact) mass is 253 g/mol. The largest absolute Gasteiger partial charge is 0.436 e. The SMILES string of the molecule is N#CCNC(=O)[C@H](CC1CCCCC1)OC(N)=O. The van der Waals surface area contributed by atoms with Gasteiger partial charge in [0.05, 0.1) is 6.07 Å². The molecule has 3 N–H and O–H groups in total. The predicted octanol–water partition coefficient (Wildman–Crippen LogP) is 1.06. The van der Waals surface area contributed by atoms with Gasteiger partial charge in [0.2, 0.25) is 0 Å². The summed E-state index contributed by atoms with van der Waals surface area (Å²) in [4.78, 5) is 22.5. The summed E-state index contributed by atoms with van der Waals surface area (Å²) in [6.45, 7) is -0.0951. The summed E-state index contributed by atoms with van der Waals surface area (Å²) >= 11 is 0. The van der Waals surface area contributed by atoms with Crippen molar-refractivity contribution >= 4 is 12.0 Å². The fourth-order valence-electron chi connectivity index (χ4n) is 2.31. The molecular formula is C12H19N3O3. The first-order chi connectivity index (χ1) is 8.63. The van der Waals surface area contributed by atoms with Crippen LogP contribution in [0, 0.1) is 17.2 Å². The van der Waals surface area contributed by atoms with Crippen LogP contribution in [0.25, 0.3) is 0 Å². The number of nitrogens with two attached hydrogens (primary N) is 1. The topological polar surface area (TPSA) is 105 Å². The summed E-state index contributed by atoms with van der Waals surface area (Å²) < 4.78 is 4.83. The summed E-state index contributed by atoms with van der Waals surface area (Å²) in [6.07, 6.45) is 4.26. The summed E-state index contributed by atoms with van der Waals surface area (Å²) in [6, 6.07) is 1.81. The Morgan fingerprint density at radius 1 is 1.39 bits per heavy atom. The molecule has 2 amide bonds. The van der Waals surface area contributed by atoms with Crippen molar-refractivity contribution in [2.24, 2.45) is 11.7 Å². The van der Waals surface area contributed by atoms with Gasteiger partial charge in [-0.25, -0.2) is 4.79 Å². The first kappa shape index (κ1) is 14.3.